The Morgan fingerprint density at radius 3 is 1.54 bits per heavy atom. The molecule has 1 aliphatic heterocycles. The summed E-state index contributed by atoms with van der Waals surface area (Å²) in [7, 11) is 0. The number of ether oxygens (including phenoxy) is 4. The molecule has 41 heavy (non-hydrogen) atoms. The van der Waals surface area contributed by atoms with Gasteiger partial charge >= 0.3 is 0 Å². The molecule has 3 heterocycles. The van der Waals surface area contributed by atoms with E-state index < -0.39 is 0 Å². The fraction of sp³-hybridized carbons (Fsp3) is 0.143. The third-order valence-electron chi connectivity index (χ3n) is 7.40. The first-order valence-electron chi connectivity index (χ1n) is 13.7. The van der Waals surface area contributed by atoms with Crippen molar-refractivity contribution in [3.8, 4) is 44.9 Å². The lowest BCUT2D eigenvalue weighted by atomic mass is 9.90. The molecular formula is C35H28N2O4. The molecule has 2 aromatic heterocycles. The molecule has 6 nitrogen and oxygen atoms in total. The van der Waals surface area contributed by atoms with E-state index in [-0.39, 0.29) is 6.79 Å². The molecule has 0 saturated heterocycles. The second kappa shape index (κ2) is 11.4. The monoisotopic (exact) mass is 540 g/mol. The lowest BCUT2D eigenvalue weighted by molar-refractivity contribution is -0.0195. The fourth-order valence-corrected chi connectivity index (χ4v) is 5.42. The van der Waals surface area contributed by atoms with Gasteiger partial charge in [-0.25, -0.2) is 0 Å². The van der Waals surface area contributed by atoms with Gasteiger partial charge in [0.25, 0.3) is 0 Å². The summed E-state index contributed by atoms with van der Waals surface area (Å²) in [5.74, 6) is 1.53. The lowest BCUT2D eigenvalue weighted by Gasteiger charge is -2.20. The minimum absolute atomic E-state index is 0.129. The first-order chi connectivity index (χ1) is 20.3. The normalized spacial score (nSPS) is 14.0. The Labute approximate surface area is 238 Å². The van der Waals surface area contributed by atoms with Crippen LogP contribution in [0.25, 0.3) is 54.9 Å². The van der Waals surface area contributed by atoms with Gasteiger partial charge in [0.05, 0.1) is 19.8 Å². The van der Waals surface area contributed by atoms with E-state index in [1.807, 2.05) is 55.1 Å². The number of hydrogen-bond donors (Lipinski definition) is 0. The zero-order valence-electron chi connectivity index (χ0n) is 22.5. The minimum Gasteiger partial charge on any atom is -0.491 e. The van der Waals surface area contributed by atoms with E-state index in [0.717, 1.165) is 66.4 Å². The van der Waals surface area contributed by atoms with Crippen molar-refractivity contribution in [3.63, 3.8) is 0 Å². The van der Waals surface area contributed by atoms with Crippen LogP contribution in [0.1, 0.15) is 0 Å². The van der Waals surface area contributed by atoms with Crippen LogP contribution in [-0.2, 0) is 9.47 Å². The summed E-state index contributed by atoms with van der Waals surface area (Å²) in [6.07, 6.45) is 7.27. The summed E-state index contributed by atoms with van der Waals surface area (Å²) >= 11 is 0. The SMILES string of the molecule is c1cc(-c2ccc3c4c(ccc3c2)OCCOCCOCOc2ccc3cc(-c5ccncc5)ccc3c2-4)ccn1. The minimum atomic E-state index is 0.129. The van der Waals surface area contributed by atoms with E-state index in [1.54, 1.807) is 0 Å². The summed E-state index contributed by atoms with van der Waals surface area (Å²) in [5, 5.41) is 4.36. The van der Waals surface area contributed by atoms with Gasteiger partial charge in [-0.05, 0) is 92.3 Å². The molecule has 0 amide bonds. The predicted molar refractivity (Wildman–Crippen MR) is 161 cm³/mol. The number of fused-ring (bicyclic) bond motifs is 7. The van der Waals surface area contributed by atoms with Crippen LogP contribution in [0.15, 0.2) is 110 Å². The van der Waals surface area contributed by atoms with Crippen LogP contribution in [0.5, 0.6) is 11.5 Å². The molecule has 0 N–H and O–H groups in total. The number of hydrogen-bond acceptors (Lipinski definition) is 6. The van der Waals surface area contributed by atoms with Gasteiger partial charge in [0.15, 0.2) is 6.79 Å². The van der Waals surface area contributed by atoms with Crippen molar-refractivity contribution in [3.05, 3.63) is 110 Å². The van der Waals surface area contributed by atoms with Crippen molar-refractivity contribution in [2.45, 2.75) is 0 Å². The van der Waals surface area contributed by atoms with Crippen LogP contribution >= 0.6 is 0 Å². The molecule has 0 bridgehead atoms. The molecular weight excluding hydrogens is 512 g/mol. The number of benzene rings is 4. The Bertz CT molecular complexity index is 1690. The average molecular weight is 541 g/mol. The van der Waals surface area contributed by atoms with E-state index in [1.165, 1.54) is 0 Å². The number of aromatic nitrogens is 2. The highest BCUT2D eigenvalue weighted by molar-refractivity contribution is 6.11. The zero-order valence-corrected chi connectivity index (χ0v) is 22.5. The molecule has 0 atom stereocenters. The highest BCUT2D eigenvalue weighted by atomic mass is 16.7. The van der Waals surface area contributed by atoms with Gasteiger partial charge in [-0.3, -0.25) is 9.97 Å². The Morgan fingerprint density at radius 1 is 0.439 bits per heavy atom. The quantitative estimate of drug-likeness (QED) is 0.226. The van der Waals surface area contributed by atoms with Gasteiger partial charge in [0.2, 0.25) is 0 Å². The van der Waals surface area contributed by atoms with Crippen molar-refractivity contribution in [1.29, 1.82) is 0 Å². The lowest BCUT2D eigenvalue weighted by Crippen LogP contribution is -2.12. The predicted octanol–water partition coefficient (Wildman–Crippen LogP) is 7.55. The summed E-state index contributed by atoms with van der Waals surface area (Å²) in [5.41, 5.74) is 6.46. The van der Waals surface area contributed by atoms with Crippen LogP contribution in [0, 0.1) is 0 Å². The average Bonchev–Trinajstić information content (AvgIpc) is 3.05. The van der Waals surface area contributed by atoms with Gasteiger partial charge < -0.3 is 18.9 Å². The van der Waals surface area contributed by atoms with Crippen molar-refractivity contribution >= 4 is 21.5 Å². The molecule has 0 radical (unpaired) electrons. The van der Waals surface area contributed by atoms with E-state index in [2.05, 4.69) is 64.6 Å². The van der Waals surface area contributed by atoms with Gasteiger partial charge in [0.1, 0.15) is 18.1 Å². The molecule has 0 aliphatic carbocycles. The van der Waals surface area contributed by atoms with Crippen LogP contribution in [0.3, 0.4) is 0 Å². The van der Waals surface area contributed by atoms with E-state index in [4.69, 9.17) is 18.9 Å². The Balaban J connectivity index is 1.46. The highest BCUT2D eigenvalue weighted by Gasteiger charge is 2.20. The molecule has 0 unspecified atom stereocenters. The summed E-state index contributed by atoms with van der Waals surface area (Å²) in [6, 6.07) is 29.5. The Kier molecular flexibility index (Phi) is 6.99. The maximum absolute atomic E-state index is 6.39. The maximum Gasteiger partial charge on any atom is 0.189 e. The molecule has 1 aliphatic rings. The second-order valence-electron chi connectivity index (χ2n) is 9.85. The van der Waals surface area contributed by atoms with Crippen LogP contribution in [0.2, 0.25) is 0 Å². The van der Waals surface area contributed by atoms with Crippen molar-refractivity contribution in [2.75, 3.05) is 33.2 Å². The summed E-state index contributed by atoms with van der Waals surface area (Å²) < 4.78 is 24.1. The van der Waals surface area contributed by atoms with Crippen LogP contribution in [-0.4, -0.2) is 43.2 Å². The van der Waals surface area contributed by atoms with Gasteiger partial charge in [-0.2, -0.15) is 0 Å². The number of nitrogens with zero attached hydrogens (tertiary/aromatic N) is 2. The molecule has 0 fully saturated rings. The van der Waals surface area contributed by atoms with Crippen molar-refractivity contribution in [1.82, 2.24) is 9.97 Å². The van der Waals surface area contributed by atoms with Crippen LogP contribution in [0.4, 0.5) is 0 Å². The van der Waals surface area contributed by atoms with Crippen molar-refractivity contribution in [2.24, 2.45) is 0 Å². The topological polar surface area (TPSA) is 62.7 Å². The standard InChI is InChI=1S/C35H28N2O4/c1-5-30-28(21-26(1)24-9-13-36-14-10-24)3-7-32-34(30)35-31-6-2-27(25-11-15-37-16-12-25)22-29(31)4-8-33(35)41-23-39-18-17-38-19-20-40-32/h1-16,21-22H,17-20,23H2. The summed E-state index contributed by atoms with van der Waals surface area (Å²) in [6.45, 7) is 1.97. The van der Waals surface area contributed by atoms with E-state index in [9.17, 15) is 0 Å². The molecule has 6 heteroatoms. The molecule has 0 spiro atoms. The first-order valence-corrected chi connectivity index (χ1v) is 13.7. The Hall–Kier alpha value is -4.78. The molecule has 6 aromatic rings. The van der Waals surface area contributed by atoms with Gasteiger partial charge in [-0.15, -0.1) is 0 Å². The van der Waals surface area contributed by atoms with E-state index >= 15 is 0 Å². The molecule has 4 aromatic carbocycles. The number of rotatable bonds is 2. The third kappa shape index (κ3) is 5.11. The first kappa shape index (κ1) is 25.2. The smallest absolute Gasteiger partial charge is 0.189 e. The van der Waals surface area contributed by atoms with Gasteiger partial charge in [-0.1, -0.05) is 36.4 Å². The highest BCUT2D eigenvalue weighted by Crippen LogP contribution is 2.46. The third-order valence-corrected chi connectivity index (χ3v) is 7.40. The second-order valence-corrected chi connectivity index (χ2v) is 9.85. The van der Waals surface area contributed by atoms with Crippen LogP contribution < -0.4 is 9.47 Å². The summed E-state index contributed by atoms with van der Waals surface area (Å²) in [4.78, 5) is 8.35. The largest absolute Gasteiger partial charge is 0.491 e. The fourth-order valence-electron chi connectivity index (χ4n) is 5.42. The molecule has 7 rings (SSSR count). The molecule has 0 saturated carbocycles. The Morgan fingerprint density at radius 2 is 0.951 bits per heavy atom. The van der Waals surface area contributed by atoms with Gasteiger partial charge in [0, 0.05) is 35.9 Å². The molecule has 202 valence electrons. The van der Waals surface area contributed by atoms with E-state index in [0.29, 0.717) is 26.4 Å². The number of pyridine rings is 2. The van der Waals surface area contributed by atoms with Crippen molar-refractivity contribution < 1.29 is 18.9 Å². The maximum atomic E-state index is 6.39. The zero-order chi connectivity index (χ0) is 27.4.